The van der Waals surface area contributed by atoms with Gasteiger partial charge in [0.2, 0.25) is 5.91 Å². The van der Waals surface area contributed by atoms with Crippen molar-refractivity contribution in [1.82, 2.24) is 9.88 Å². The van der Waals surface area contributed by atoms with Gasteiger partial charge in [-0.1, -0.05) is 13.3 Å². The largest absolute Gasteiger partial charge is 0.354 e. The van der Waals surface area contributed by atoms with Crippen molar-refractivity contribution in [3.63, 3.8) is 0 Å². The van der Waals surface area contributed by atoms with E-state index in [0.29, 0.717) is 6.54 Å². The molecule has 1 heterocycles. The zero-order valence-electron chi connectivity index (χ0n) is 11.4. The Balaban J connectivity index is 2.11. The highest BCUT2D eigenvalue weighted by Gasteiger charge is 2.11. The third-order valence-corrected chi connectivity index (χ3v) is 3.08. The fourth-order valence-electron chi connectivity index (χ4n) is 1.88. The van der Waals surface area contributed by atoms with E-state index in [1.54, 1.807) is 0 Å². The third-order valence-electron chi connectivity index (χ3n) is 3.08. The van der Waals surface area contributed by atoms with Crippen molar-refractivity contribution < 1.29 is 4.79 Å². The van der Waals surface area contributed by atoms with Crippen LogP contribution in [-0.4, -0.2) is 23.1 Å². The van der Waals surface area contributed by atoms with E-state index in [0.717, 1.165) is 25.8 Å². The van der Waals surface area contributed by atoms with E-state index in [1.807, 2.05) is 38.4 Å². The van der Waals surface area contributed by atoms with E-state index in [9.17, 15) is 4.79 Å². The number of nitrogens with one attached hydrogen (secondary N) is 1. The number of hydrogen-bond acceptors (Lipinski definition) is 2. The molecule has 4 heteroatoms. The van der Waals surface area contributed by atoms with Crippen molar-refractivity contribution in [2.45, 2.75) is 45.7 Å². The van der Waals surface area contributed by atoms with Gasteiger partial charge in [0.25, 0.3) is 0 Å². The van der Waals surface area contributed by atoms with Crippen LogP contribution in [0.15, 0.2) is 24.5 Å². The van der Waals surface area contributed by atoms with E-state index < -0.39 is 0 Å². The fraction of sp³-hybridized carbons (Fsp3) is 0.643. The molecule has 3 N–H and O–H groups in total. The standard InChI is InChI=1S/C14H25N3O/c1-12(6-5-7-13(2)15)14(18)16-8-11-17-9-3-4-10-17/h3-4,9-10,12-13H,5-8,11,15H2,1-2H3,(H,16,18). The predicted molar refractivity (Wildman–Crippen MR) is 74.1 cm³/mol. The van der Waals surface area contributed by atoms with E-state index in [1.165, 1.54) is 0 Å². The minimum Gasteiger partial charge on any atom is -0.354 e. The van der Waals surface area contributed by atoms with Crippen LogP contribution < -0.4 is 11.1 Å². The Morgan fingerprint density at radius 2 is 1.94 bits per heavy atom. The second-order valence-corrected chi connectivity index (χ2v) is 5.02. The number of aromatic nitrogens is 1. The first-order chi connectivity index (χ1) is 8.59. The van der Waals surface area contributed by atoms with Crippen molar-refractivity contribution in [1.29, 1.82) is 0 Å². The summed E-state index contributed by atoms with van der Waals surface area (Å²) in [4.78, 5) is 11.8. The molecule has 0 bridgehead atoms. The average Bonchev–Trinajstić information content (AvgIpc) is 2.81. The average molecular weight is 251 g/mol. The Bertz CT molecular complexity index is 333. The topological polar surface area (TPSA) is 60.1 Å². The third kappa shape index (κ3) is 5.87. The zero-order valence-corrected chi connectivity index (χ0v) is 11.4. The molecule has 2 unspecified atom stereocenters. The molecule has 0 spiro atoms. The van der Waals surface area contributed by atoms with Crippen LogP contribution in [0.25, 0.3) is 0 Å². The fourth-order valence-corrected chi connectivity index (χ4v) is 1.88. The molecule has 1 aromatic rings. The van der Waals surface area contributed by atoms with E-state index in [4.69, 9.17) is 5.73 Å². The van der Waals surface area contributed by atoms with Crippen molar-refractivity contribution in [2.75, 3.05) is 6.54 Å². The minimum absolute atomic E-state index is 0.0772. The quantitative estimate of drug-likeness (QED) is 0.739. The van der Waals surface area contributed by atoms with Gasteiger partial charge in [-0.2, -0.15) is 0 Å². The lowest BCUT2D eigenvalue weighted by molar-refractivity contribution is -0.124. The van der Waals surface area contributed by atoms with Gasteiger partial charge < -0.3 is 15.6 Å². The molecular weight excluding hydrogens is 226 g/mol. The molecule has 0 fully saturated rings. The van der Waals surface area contributed by atoms with Crippen molar-refractivity contribution in [3.8, 4) is 0 Å². The molecule has 18 heavy (non-hydrogen) atoms. The number of carbonyl (C=O) groups excluding carboxylic acids is 1. The molecule has 1 rings (SSSR count). The van der Waals surface area contributed by atoms with Gasteiger partial charge in [-0.3, -0.25) is 4.79 Å². The summed E-state index contributed by atoms with van der Waals surface area (Å²) in [5, 5.41) is 2.97. The van der Waals surface area contributed by atoms with Crippen LogP contribution in [0.2, 0.25) is 0 Å². The van der Waals surface area contributed by atoms with Crippen molar-refractivity contribution in [2.24, 2.45) is 11.7 Å². The van der Waals surface area contributed by atoms with Crippen LogP contribution in [0.1, 0.15) is 33.1 Å². The Kier molecular flexibility index (Phi) is 6.50. The maximum Gasteiger partial charge on any atom is 0.222 e. The lowest BCUT2D eigenvalue weighted by Crippen LogP contribution is -2.31. The summed E-state index contributed by atoms with van der Waals surface area (Å²) in [6.45, 7) is 5.49. The van der Waals surface area contributed by atoms with Gasteiger partial charge >= 0.3 is 0 Å². The van der Waals surface area contributed by atoms with Gasteiger partial charge in [0.15, 0.2) is 0 Å². The second-order valence-electron chi connectivity index (χ2n) is 5.02. The molecule has 0 aliphatic rings. The zero-order chi connectivity index (χ0) is 13.4. The van der Waals surface area contributed by atoms with Crippen LogP contribution in [0.3, 0.4) is 0 Å². The van der Waals surface area contributed by atoms with E-state index >= 15 is 0 Å². The van der Waals surface area contributed by atoms with Gasteiger partial charge in [0.05, 0.1) is 0 Å². The highest BCUT2D eigenvalue weighted by molar-refractivity contribution is 5.78. The normalized spacial score (nSPS) is 14.2. The minimum atomic E-state index is 0.0772. The lowest BCUT2D eigenvalue weighted by Gasteiger charge is -2.13. The number of nitrogens with two attached hydrogens (primary N) is 1. The molecule has 2 atom stereocenters. The van der Waals surface area contributed by atoms with Crippen molar-refractivity contribution in [3.05, 3.63) is 24.5 Å². The summed E-state index contributed by atoms with van der Waals surface area (Å²) in [6.07, 6.45) is 6.91. The van der Waals surface area contributed by atoms with Gasteiger partial charge in [0.1, 0.15) is 0 Å². The molecule has 1 aromatic heterocycles. The number of carbonyl (C=O) groups is 1. The summed E-state index contributed by atoms with van der Waals surface area (Å²) < 4.78 is 2.06. The maximum absolute atomic E-state index is 11.8. The van der Waals surface area contributed by atoms with E-state index in [2.05, 4.69) is 9.88 Å². The first kappa shape index (κ1) is 14.8. The van der Waals surface area contributed by atoms with Crippen LogP contribution in [0, 0.1) is 5.92 Å². The summed E-state index contributed by atoms with van der Waals surface area (Å²) in [7, 11) is 0. The molecule has 102 valence electrons. The Morgan fingerprint density at radius 3 is 2.56 bits per heavy atom. The molecule has 0 aromatic carbocycles. The number of rotatable bonds is 8. The molecule has 1 amide bonds. The maximum atomic E-state index is 11.8. The van der Waals surface area contributed by atoms with Crippen molar-refractivity contribution >= 4 is 5.91 Å². The van der Waals surface area contributed by atoms with Crippen LogP contribution >= 0.6 is 0 Å². The summed E-state index contributed by atoms with van der Waals surface area (Å²) in [6, 6.07) is 4.20. The highest BCUT2D eigenvalue weighted by atomic mass is 16.1. The Hall–Kier alpha value is -1.29. The highest BCUT2D eigenvalue weighted by Crippen LogP contribution is 2.08. The smallest absolute Gasteiger partial charge is 0.222 e. The molecule has 0 saturated carbocycles. The van der Waals surface area contributed by atoms with Gasteiger partial charge in [0, 0.05) is 37.4 Å². The number of amides is 1. The molecule has 0 saturated heterocycles. The van der Waals surface area contributed by atoms with Crippen LogP contribution in [-0.2, 0) is 11.3 Å². The number of nitrogens with zero attached hydrogens (tertiary/aromatic N) is 1. The van der Waals surface area contributed by atoms with Crippen LogP contribution in [0.5, 0.6) is 0 Å². The van der Waals surface area contributed by atoms with Gasteiger partial charge in [-0.25, -0.2) is 0 Å². The van der Waals surface area contributed by atoms with Gasteiger partial charge in [-0.15, -0.1) is 0 Å². The van der Waals surface area contributed by atoms with E-state index in [-0.39, 0.29) is 17.9 Å². The summed E-state index contributed by atoms with van der Waals surface area (Å²) >= 11 is 0. The first-order valence-electron chi connectivity index (χ1n) is 6.73. The summed E-state index contributed by atoms with van der Waals surface area (Å²) in [5.41, 5.74) is 5.69. The predicted octanol–water partition coefficient (Wildman–Crippen LogP) is 1.76. The molecule has 0 radical (unpaired) electrons. The first-order valence-corrected chi connectivity index (χ1v) is 6.73. The molecular formula is C14H25N3O. The lowest BCUT2D eigenvalue weighted by atomic mass is 10.0. The molecule has 0 aliphatic heterocycles. The molecule has 0 aliphatic carbocycles. The monoisotopic (exact) mass is 251 g/mol. The molecule has 4 nitrogen and oxygen atoms in total. The summed E-state index contributed by atoms with van der Waals surface area (Å²) in [5.74, 6) is 0.222. The SMILES string of the molecule is CC(N)CCCC(C)C(=O)NCCn1cccc1. The Labute approximate surface area is 110 Å². The van der Waals surface area contributed by atoms with Crippen LogP contribution in [0.4, 0.5) is 0 Å². The number of hydrogen-bond donors (Lipinski definition) is 2. The van der Waals surface area contributed by atoms with Gasteiger partial charge in [-0.05, 0) is 31.9 Å². The second kappa shape index (κ2) is 7.93. The Morgan fingerprint density at radius 1 is 1.28 bits per heavy atom.